The van der Waals surface area contributed by atoms with Crippen molar-refractivity contribution < 1.29 is 4.79 Å². The van der Waals surface area contributed by atoms with Gasteiger partial charge in [0.1, 0.15) is 0 Å². The predicted molar refractivity (Wildman–Crippen MR) is 83.5 cm³/mol. The molecule has 0 aromatic heterocycles. The summed E-state index contributed by atoms with van der Waals surface area (Å²) >= 11 is 1.65. The first kappa shape index (κ1) is 13.2. The van der Waals surface area contributed by atoms with Crippen molar-refractivity contribution in [3.8, 4) is 0 Å². The minimum absolute atomic E-state index is 0.0570. The van der Waals surface area contributed by atoms with Gasteiger partial charge < -0.3 is 5.32 Å². The number of thioether (sulfide) groups is 1. The molecule has 1 aromatic rings. The van der Waals surface area contributed by atoms with Crippen molar-refractivity contribution >= 4 is 34.2 Å². The first-order valence-electron chi connectivity index (χ1n) is 6.58. The minimum Gasteiger partial charge on any atom is -0.326 e. The van der Waals surface area contributed by atoms with Crippen molar-refractivity contribution in [1.82, 2.24) is 5.43 Å². The molecule has 0 saturated carbocycles. The number of hydrogen-bond donors (Lipinski definition) is 2. The molecule has 20 heavy (non-hydrogen) atoms. The summed E-state index contributed by atoms with van der Waals surface area (Å²) < 4.78 is 0. The highest BCUT2D eigenvalue weighted by atomic mass is 32.2. The van der Waals surface area contributed by atoms with E-state index in [1.807, 2.05) is 32.0 Å². The molecule has 104 valence electrons. The van der Waals surface area contributed by atoms with E-state index < -0.39 is 0 Å². The standard InChI is InChI=1S/C14H16N4OS/c1-8(2)15-14-18-17-12(7-20-14)9-3-4-10-6-13(19)16-11(10)5-9/h3-5,8H,6-7H2,1-2H3,(H,15,18)(H,16,19). The highest BCUT2D eigenvalue weighted by molar-refractivity contribution is 8.14. The fraction of sp³-hybridized carbons (Fsp3) is 0.357. The van der Waals surface area contributed by atoms with Gasteiger partial charge in [0.05, 0.1) is 12.1 Å². The monoisotopic (exact) mass is 288 g/mol. The number of carbonyl (C=O) groups excluding carboxylic acids is 1. The quantitative estimate of drug-likeness (QED) is 0.874. The molecule has 2 aliphatic rings. The van der Waals surface area contributed by atoms with E-state index >= 15 is 0 Å². The number of anilines is 1. The number of nitrogens with one attached hydrogen (secondary N) is 2. The van der Waals surface area contributed by atoms with Gasteiger partial charge in [-0.2, -0.15) is 5.10 Å². The Morgan fingerprint density at radius 1 is 1.40 bits per heavy atom. The molecular formula is C14H16N4OS. The van der Waals surface area contributed by atoms with E-state index in [1.54, 1.807) is 11.8 Å². The summed E-state index contributed by atoms with van der Waals surface area (Å²) in [5.74, 6) is 0.840. The van der Waals surface area contributed by atoms with Gasteiger partial charge >= 0.3 is 0 Å². The normalized spacial score (nSPS) is 19.6. The van der Waals surface area contributed by atoms with Crippen LogP contribution in [0.3, 0.4) is 0 Å². The summed E-state index contributed by atoms with van der Waals surface area (Å²) in [6, 6.07) is 6.27. The Hall–Kier alpha value is -1.82. The molecule has 2 aliphatic heterocycles. The summed E-state index contributed by atoms with van der Waals surface area (Å²) in [5, 5.41) is 8.11. The molecule has 0 bridgehead atoms. The molecule has 0 fully saturated rings. The Balaban J connectivity index is 1.80. The average molecular weight is 288 g/mol. The van der Waals surface area contributed by atoms with Crippen LogP contribution in [0.4, 0.5) is 5.69 Å². The number of amidine groups is 1. The number of rotatable bonds is 2. The molecule has 0 spiro atoms. The summed E-state index contributed by atoms with van der Waals surface area (Å²) in [6.45, 7) is 4.08. The van der Waals surface area contributed by atoms with Gasteiger partial charge in [0.25, 0.3) is 0 Å². The lowest BCUT2D eigenvalue weighted by Crippen LogP contribution is -2.26. The SMILES string of the molecule is CC(C)N=C1NN=C(c2ccc3c(c2)NC(=O)C3)CS1. The molecule has 0 saturated heterocycles. The summed E-state index contributed by atoms with van der Waals surface area (Å²) in [4.78, 5) is 15.8. The van der Waals surface area contributed by atoms with Gasteiger partial charge in [-0.15, -0.1) is 0 Å². The molecule has 0 atom stereocenters. The first-order chi connectivity index (χ1) is 9.61. The fourth-order valence-electron chi connectivity index (χ4n) is 2.16. The van der Waals surface area contributed by atoms with Crippen molar-refractivity contribution in [2.75, 3.05) is 11.1 Å². The molecule has 0 unspecified atom stereocenters. The van der Waals surface area contributed by atoms with Crippen LogP contribution in [0, 0.1) is 0 Å². The zero-order chi connectivity index (χ0) is 14.1. The van der Waals surface area contributed by atoms with Gasteiger partial charge in [0.15, 0.2) is 5.17 Å². The molecule has 1 aromatic carbocycles. The topological polar surface area (TPSA) is 65.8 Å². The lowest BCUT2D eigenvalue weighted by atomic mass is 10.1. The molecule has 1 amide bonds. The second kappa shape index (κ2) is 5.28. The third-order valence-corrected chi connectivity index (χ3v) is 3.96. The zero-order valence-electron chi connectivity index (χ0n) is 11.4. The van der Waals surface area contributed by atoms with Gasteiger partial charge in [-0.1, -0.05) is 23.9 Å². The van der Waals surface area contributed by atoms with Crippen LogP contribution in [0.2, 0.25) is 0 Å². The third-order valence-electron chi connectivity index (χ3n) is 3.08. The predicted octanol–water partition coefficient (Wildman–Crippen LogP) is 1.99. The van der Waals surface area contributed by atoms with E-state index in [1.165, 1.54) is 0 Å². The van der Waals surface area contributed by atoms with Crippen LogP contribution in [0.5, 0.6) is 0 Å². The lowest BCUT2D eigenvalue weighted by Gasteiger charge is -2.16. The Morgan fingerprint density at radius 3 is 2.95 bits per heavy atom. The van der Waals surface area contributed by atoms with E-state index in [4.69, 9.17) is 0 Å². The lowest BCUT2D eigenvalue weighted by molar-refractivity contribution is -0.115. The van der Waals surface area contributed by atoms with Crippen LogP contribution < -0.4 is 10.7 Å². The Morgan fingerprint density at radius 2 is 2.25 bits per heavy atom. The molecule has 2 N–H and O–H groups in total. The van der Waals surface area contributed by atoms with Gasteiger partial charge in [-0.3, -0.25) is 15.2 Å². The number of hydrazone groups is 1. The van der Waals surface area contributed by atoms with Gasteiger partial charge in [-0.05, 0) is 25.5 Å². The van der Waals surface area contributed by atoms with Crippen LogP contribution in [-0.2, 0) is 11.2 Å². The average Bonchev–Trinajstić information content (AvgIpc) is 2.78. The van der Waals surface area contributed by atoms with Gasteiger partial charge in [0, 0.05) is 23.0 Å². The summed E-state index contributed by atoms with van der Waals surface area (Å²) in [6.07, 6.45) is 0.473. The molecular weight excluding hydrogens is 272 g/mol. The van der Waals surface area contributed by atoms with Gasteiger partial charge in [-0.25, -0.2) is 0 Å². The highest BCUT2D eigenvalue weighted by Gasteiger charge is 2.20. The van der Waals surface area contributed by atoms with Crippen LogP contribution in [0.25, 0.3) is 0 Å². The Bertz CT molecular complexity index is 622. The zero-order valence-corrected chi connectivity index (χ0v) is 12.3. The Labute approximate surface area is 121 Å². The van der Waals surface area contributed by atoms with E-state index in [2.05, 4.69) is 20.8 Å². The molecule has 6 heteroatoms. The number of benzene rings is 1. The molecule has 3 rings (SSSR count). The van der Waals surface area contributed by atoms with E-state index in [0.717, 1.165) is 33.4 Å². The number of hydrogen-bond acceptors (Lipinski definition) is 4. The van der Waals surface area contributed by atoms with Crippen molar-refractivity contribution in [2.24, 2.45) is 10.1 Å². The maximum absolute atomic E-state index is 11.4. The maximum Gasteiger partial charge on any atom is 0.228 e. The van der Waals surface area contributed by atoms with Crippen molar-refractivity contribution in [3.63, 3.8) is 0 Å². The number of amides is 1. The fourth-order valence-corrected chi connectivity index (χ4v) is 3.06. The maximum atomic E-state index is 11.4. The van der Waals surface area contributed by atoms with Crippen LogP contribution in [0.15, 0.2) is 28.3 Å². The van der Waals surface area contributed by atoms with E-state index in [9.17, 15) is 4.79 Å². The number of aliphatic imine (C=N–C) groups is 1. The molecule has 2 heterocycles. The van der Waals surface area contributed by atoms with E-state index in [-0.39, 0.29) is 11.9 Å². The third kappa shape index (κ3) is 2.70. The first-order valence-corrected chi connectivity index (χ1v) is 7.56. The van der Waals surface area contributed by atoms with Crippen molar-refractivity contribution in [1.29, 1.82) is 0 Å². The number of nitrogens with zero attached hydrogens (tertiary/aromatic N) is 2. The molecule has 0 aliphatic carbocycles. The van der Waals surface area contributed by atoms with Crippen molar-refractivity contribution in [2.45, 2.75) is 26.3 Å². The highest BCUT2D eigenvalue weighted by Crippen LogP contribution is 2.25. The van der Waals surface area contributed by atoms with Crippen LogP contribution >= 0.6 is 11.8 Å². The second-order valence-corrected chi connectivity index (χ2v) is 6.05. The number of carbonyl (C=O) groups is 1. The summed E-state index contributed by atoms with van der Waals surface area (Å²) in [5.41, 5.74) is 6.96. The Kier molecular flexibility index (Phi) is 3.48. The largest absolute Gasteiger partial charge is 0.326 e. The molecule has 0 radical (unpaired) electrons. The van der Waals surface area contributed by atoms with Crippen LogP contribution in [0.1, 0.15) is 25.0 Å². The smallest absolute Gasteiger partial charge is 0.228 e. The van der Waals surface area contributed by atoms with Crippen LogP contribution in [-0.4, -0.2) is 28.6 Å². The van der Waals surface area contributed by atoms with Crippen molar-refractivity contribution in [3.05, 3.63) is 29.3 Å². The number of fused-ring (bicyclic) bond motifs is 1. The summed E-state index contributed by atoms with van der Waals surface area (Å²) in [7, 11) is 0. The van der Waals surface area contributed by atoms with Gasteiger partial charge in [0.2, 0.25) is 5.91 Å². The van der Waals surface area contributed by atoms with E-state index in [0.29, 0.717) is 6.42 Å². The second-order valence-electron chi connectivity index (χ2n) is 5.08. The molecule has 5 nitrogen and oxygen atoms in total. The minimum atomic E-state index is 0.0570.